The fourth-order valence-corrected chi connectivity index (χ4v) is 1.28. The lowest BCUT2D eigenvalue weighted by molar-refractivity contribution is -0.449. The molecular formula is C4H10NO2P2+. The predicted octanol–water partition coefficient (Wildman–Crippen LogP) is -1.50. The van der Waals surface area contributed by atoms with Crippen molar-refractivity contribution in [3.8, 4) is 0 Å². The van der Waals surface area contributed by atoms with Gasteiger partial charge in [0.05, 0.1) is 0 Å². The molecule has 9 heavy (non-hydrogen) atoms. The molecule has 0 spiro atoms. The van der Waals surface area contributed by atoms with Crippen LogP contribution in [0.4, 0.5) is 0 Å². The smallest absolute Gasteiger partial charge is 0.170 e. The first-order valence-corrected chi connectivity index (χ1v) is 3.60. The maximum absolute atomic E-state index is 5.00. The van der Waals surface area contributed by atoms with Crippen molar-refractivity contribution in [1.29, 1.82) is 0 Å². The van der Waals surface area contributed by atoms with E-state index in [1.165, 1.54) is 0 Å². The molecule has 1 heterocycles. The fraction of sp³-hybridized carbons (Fsp3) is 0.750. The van der Waals surface area contributed by atoms with Gasteiger partial charge in [-0.2, -0.15) is 0 Å². The molecule has 3 nitrogen and oxygen atoms in total. The number of hydrogen-bond donors (Lipinski definition) is 1. The van der Waals surface area contributed by atoms with Crippen LogP contribution in [0, 0.1) is 0 Å². The molecular weight excluding hydrogens is 156 g/mol. The average molecular weight is 166 g/mol. The maximum atomic E-state index is 5.00. The van der Waals surface area contributed by atoms with Gasteiger partial charge in [0, 0.05) is 18.9 Å². The molecule has 0 bridgehead atoms. The Labute approximate surface area is 58.8 Å². The molecule has 0 aliphatic carbocycles. The molecule has 0 fully saturated rings. The van der Waals surface area contributed by atoms with Crippen LogP contribution in [0.2, 0.25) is 0 Å². The summed E-state index contributed by atoms with van der Waals surface area (Å²) >= 11 is 0. The van der Waals surface area contributed by atoms with Crippen LogP contribution in [0.5, 0.6) is 0 Å². The zero-order valence-electron chi connectivity index (χ0n) is 4.91. The van der Waals surface area contributed by atoms with Crippen molar-refractivity contribution in [2.24, 2.45) is 0 Å². The maximum Gasteiger partial charge on any atom is 0.170 e. The van der Waals surface area contributed by atoms with E-state index < -0.39 is 0 Å². The second kappa shape index (κ2) is 3.58. The monoisotopic (exact) mass is 166 g/mol. The van der Waals surface area contributed by atoms with Crippen molar-refractivity contribution in [2.45, 2.75) is 12.2 Å². The van der Waals surface area contributed by atoms with E-state index >= 15 is 0 Å². The predicted molar refractivity (Wildman–Crippen MR) is 41.1 cm³/mol. The Balaban J connectivity index is 2.39. The van der Waals surface area contributed by atoms with E-state index in [9.17, 15) is 0 Å². The molecule has 1 N–H and O–H groups in total. The second-order valence-electron chi connectivity index (χ2n) is 1.85. The van der Waals surface area contributed by atoms with Gasteiger partial charge >= 0.3 is 0 Å². The lowest BCUT2D eigenvalue weighted by Gasteiger charge is -2.08. The standard InChI is InChI=1S/C4H9NO2P2/c8-6-3-1-5-2-4(3)7-9/h1,3-4H,2,8-9H2/p+1/t3?,4-/m0/s1. The number of rotatable bonds is 2. The van der Waals surface area contributed by atoms with Crippen LogP contribution in [0.1, 0.15) is 0 Å². The highest BCUT2D eigenvalue weighted by atomic mass is 31.0. The van der Waals surface area contributed by atoms with E-state index in [4.69, 9.17) is 9.05 Å². The van der Waals surface area contributed by atoms with Crippen LogP contribution in [0.25, 0.3) is 0 Å². The molecule has 0 saturated heterocycles. The molecule has 1 aliphatic heterocycles. The van der Waals surface area contributed by atoms with Crippen molar-refractivity contribution >= 4 is 25.1 Å². The Morgan fingerprint density at radius 3 is 2.67 bits per heavy atom. The van der Waals surface area contributed by atoms with Crippen molar-refractivity contribution in [1.82, 2.24) is 0 Å². The molecule has 5 heteroatoms. The van der Waals surface area contributed by atoms with Gasteiger partial charge in [0.1, 0.15) is 0 Å². The SMILES string of the molecule is POC1C=[NH+]C[C@@H]1OP. The Bertz CT molecular complexity index is 119. The third kappa shape index (κ3) is 1.68. The van der Waals surface area contributed by atoms with Gasteiger partial charge in [0.25, 0.3) is 0 Å². The summed E-state index contributed by atoms with van der Waals surface area (Å²) in [6.07, 6.45) is 2.07. The first-order valence-electron chi connectivity index (χ1n) is 2.66. The van der Waals surface area contributed by atoms with E-state index in [-0.39, 0.29) is 12.2 Å². The Morgan fingerprint density at radius 2 is 2.22 bits per heavy atom. The van der Waals surface area contributed by atoms with Crippen molar-refractivity contribution in [3.05, 3.63) is 0 Å². The highest BCUT2D eigenvalue weighted by Crippen LogP contribution is 2.08. The minimum absolute atomic E-state index is 0.0625. The van der Waals surface area contributed by atoms with Crippen LogP contribution in [0.15, 0.2) is 0 Å². The topological polar surface area (TPSA) is 32.4 Å². The van der Waals surface area contributed by atoms with Crippen LogP contribution < -0.4 is 4.99 Å². The van der Waals surface area contributed by atoms with Crippen LogP contribution in [-0.4, -0.2) is 25.0 Å². The summed E-state index contributed by atoms with van der Waals surface area (Å²) in [7, 11) is 4.44. The van der Waals surface area contributed by atoms with Gasteiger partial charge in [-0.1, -0.05) is 0 Å². The molecule has 1 aliphatic rings. The van der Waals surface area contributed by atoms with Gasteiger partial charge in [0.2, 0.25) is 0 Å². The lowest BCUT2D eigenvalue weighted by atomic mass is 10.3. The van der Waals surface area contributed by atoms with E-state index in [0.29, 0.717) is 0 Å². The van der Waals surface area contributed by atoms with Gasteiger partial charge in [-0.15, -0.1) is 0 Å². The second-order valence-corrected chi connectivity index (χ2v) is 2.39. The van der Waals surface area contributed by atoms with E-state index in [1.54, 1.807) is 0 Å². The summed E-state index contributed by atoms with van der Waals surface area (Å²) in [4.78, 5) is 3.02. The van der Waals surface area contributed by atoms with E-state index in [1.807, 2.05) is 6.21 Å². The van der Waals surface area contributed by atoms with Gasteiger partial charge < -0.3 is 9.05 Å². The molecule has 0 aromatic carbocycles. The highest BCUT2D eigenvalue weighted by molar-refractivity contribution is 7.10. The van der Waals surface area contributed by atoms with Crippen LogP contribution in [-0.2, 0) is 9.05 Å². The molecule has 0 saturated carbocycles. The van der Waals surface area contributed by atoms with Gasteiger partial charge in [-0.05, 0) is 0 Å². The van der Waals surface area contributed by atoms with Crippen molar-refractivity contribution < 1.29 is 14.0 Å². The Morgan fingerprint density at radius 1 is 1.44 bits per heavy atom. The molecule has 0 amide bonds. The molecule has 3 unspecified atom stereocenters. The Kier molecular flexibility index (Phi) is 3.00. The first kappa shape index (κ1) is 7.56. The number of nitrogens with one attached hydrogen (secondary N) is 1. The van der Waals surface area contributed by atoms with Gasteiger partial charge in [-0.3, -0.25) is 0 Å². The number of hydrogen-bond acceptors (Lipinski definition) is 2. The quantitative estimate of drug-likeness (QED) is 0.506. The minimum atomic E-state index is 0.0625. The van der Waals surface area contributed by atoms with Crippen molar-refractivity contribution in [2.75, 3.05) is 6.54 Å². The van der Waals surface area contributed by atoms with Crippen LogP contribution >= 0.6 is 18.9 Å². The Hall–Kier alpha value is 0.450. The summed E-state index contributed by atoms with van der Waals surface area (Å²) in [6.45, 7) is 0.822. The average Bonchev–Trinajstić information content (AvgIpc) is 2.33. The molecule has 1 rings (SSSR count). The zero-order valence-corrected chi connectivity index (χ0v) is 7.22. The van der Waals surface area contributed by atoms with E-state index in [2.05, 4.69) is 23.9 Å². The summed E-state index contributed by atoms with van der Waals surface area (Å²) < 4.78 is 9.97. The molecule has 0 aromatic heterocycles. The van der Waals surface area contributed by atoms with Crippen molar-refractivity contribution in [3.63, 3.8) is 0 Å². The third-order valence-corrected chi connectivity index (χ3v) is 1.96. The van der Waals surface area contributed by atoms with Gasteiger partial charge in [0.15, 0.2) is 25.0 Å². The first-order chi connectivity index (χ1) is 4.38. The molecule has 0 radical (unpaired) electrons. The summed E-state index contributed by atoms with van der Waals surface area (Å²) in [5.41, 5.74) is 0. The van der Waals surface area contributed by atoms with Crippen LogP contribution in [0.3, 0.4) is 0 Å². The highest BCUT2D eigenvalue weighted by Gasteiger charge is 2.28. The fourth-order valence-electron chi connectivity index (χ4n) is 0.776. The minimum Gasteiger partial charge on any atom is -0.353 e. The molecule has 4 atom stereocenters. The summed E-state index contributed by atoms with van der Waals surface area (Å²) in [5, 5.41) is 0. The molecule has 52 valence electrons. The van der Waals surface area contributed by atoms with Gasteiger partial charge in [-0.25, -0.2) is 4.99 Å². The lowest BCUT2D eigenvalue weighted by Crippen LogP contribution is -2.67. The normalized spacial score (nSPS) is 33.6. The summed E-state index contributed by atoms with van der Waals surface area (Å²) in [6, 6.07) is 0. The van der Waals surface area contributed by atoms with E-state index in [0.717, 1.165) is 6.54 Å². The molecule has 0 aromatic rings. The largest absolute Gasteiger partial charge is 0.353 e. The summed E-state index contributed by atoms with van der Waals surface area (Å²) in [5.74, 6) is 0. The third-order valence-electron chi connectivity index (χ3n) is 1.30. The zero-order chi connectivity index (χ0) is 6.69.